The van der Waals surface area contributed by atoms with Crippen LogP contribution in [0, 0.1) is 0 Å². The lowest BCUT2D eigenvalue weighted by Crippen LogP contribution is -1.94. The quantitative estimate of drug-likeness (QED) is 0.594. The maximum atomic E-state index is 12.7. The Bertz CT molecular complexity index is 420. The summed E-state index contributed by atoms with van der Waals surface area (Å²) in [6, 6.07) is 6.38. The van der Waals surface area contributed by atoms with Gasteiger partial charge in [0, 0.05) is 0 Å². The average Bonchev–Trinajstić information content (AvgIpc) is 2.20. The predicted octanol–water partition coefficient (Wildman–Crippen LogP) is 3.44. The number of benzene rings is 1. The van der Waals surface area contributed by atoms with Crippen molar-refractivity contribution in [2.45, 2.75) is 6.92 Å². The summed E-state index contributed by atoms with van der Waals surface area (Å²) in [7, 11) is 0. The predicted molar refractivity (Wildman–Crippen MR) is 54.0 cm³/mol. The highest BCUT2D eigenvalue weighted by Gasteiger charge is 2.09. The first-order valence-corrected chi connectivity index (χ1v) is 4.13. The Morgan fingerprint density at radius 2 is 1.80 bits per heavy atom. The van der Waals surface area contributed by atoms with Crippen molar-refractivity contribution in [2.75, 3.05) is 5.73 Å². The molecule has 0 unspecified atom stereocenters. The summed E-state index contributed by atoms with van der Waals surface area (Å²) in [5.74, 6) is -1.61. The highest BCUT2D eigenvalue weighted by Crippen LogP contribution is 2.22. The van der Waals surface area contributed by atoms with Crippen LogP contribution in [-0.4, -0.2) is 5.71 Å². The van der Waals surface area contributed by atoms with Gasteiger partial charge in [-0.2, -0.15) is 13.2 Å². The fourth-order valence-corrected chi connectivity index (χ4v) is 0.956. The van der Waals surface area contributed by atoms with Crippen molar-refractivity contribution >= 4 is 17.1 Å². The van der Waals surface area contributed by atoms with E-state index in [2.05, 4.69) is 4.99 Å². The molecule has 0 atom stereocenters. The Labute approximate surface area is 84.9 Å². The molecule has 1 rings (SSSR count). The zero-order valence-corrected chi connectivity index (χ0v) is 7.97. The summed E-state index contributed by atoms with van der Waals surface area (Å²) in [4.78, 5) is 3.66. The largest absolute Gasteiger partial charge is 0.397 e. The average molecular weight is 214 g/mol. The van der Waals surface area contributed by atoms with Crippen molar-refractivity contribution in [2.24, 2.45) is 4.99 Å². The molecule has 0 aliphatic rings. The van der Waals surface area contributed by atoms with E-state index in [1.165, 1.54) is 6.07 Å². The Balaban J connectivity index is 3.09. The van der Waals surface area contributed by atoms with Gasteiger partial charge in [0.25, 0.3) is 0 Å². The molecule has 0 aromatic heterocycles. The molecule has 1 aromatic carbocycles. The Morgan fingerprint density at radius 1 is 1.20 bits per heavy atom. The number of nitrogen functional groups attached to an aromatic ring is 1. The SMILES string of the molecule is CC(=Nc1ccccc1N)C(F)=C(F)F. The van der Waals surface area contributed by atoms with Gasteiger partial charge < -0.3 is 5.73 Å². The Morgan fingerprint density at radius 3 is 2.33 bits per heavy atom. The van der Waals surface area contributed by atoms with E-state index in [1.54, 1.807) is 18.2 Å². The number of hydrogen-bond donors (Lipinski definition) is 1. The fraction of sp³-hybridized carbons (Fsp3) is 0.100. The van der Waals surface area contributed by atoms with Crippen molar-refractivity contribution in [1.29, 1.82) is 0 Å². The topological polar surface area (TPSA) is 38.4 Å². The van der Waals surface area contributed by atoms with Gasteiger partial charge in [-0.25, -0.2) is 4.99 Å². The normalized spacial score (nSPS) is 11.3. The van der Waals surface area contributed by atoms with Crippen LogP contribution in [-0.2, 0) is 0 Å². The molecule has 0 aliphatic carbocycles. The van der Waals surface area contributed by atoms with Crippen LogP contribution in [0.2, 0.25) is 0 Å². The van der Waals surface area contributed by atoms with Crippen molar-refractivity contribution in [1.82, 2.24) is 0 Å². The standard InChI is InChI=1S/C10H9F3N2/c1-6(9(11)10(12)13)15-8-5-3-2-4-7(8)14/h2-5H,14H2,1H3. The molecule has 0 amide bonds. The van der Waals surface area contributed by atoms with Crippen molar-refractivity contribution in [3.8, 4) is 0 Å². The van der Waals surface area contributed by atoms with Crippen LogP contribution < -0.4 is 5.73 Å². The second kappa shape index (κ2) is 4.63. The summed E-state index contributed by atoms with van der Waals surface area (Å²) < 4.78 is 36.4. The number of allylic oxidation sites excluding steroid dienone is 1. The summed E-state index contributed by atoms with van der Waals surface area (Å²) in [5, 5.41) is 0. The van der Waals surface area contributed by atoms with Crippen LogP contribution in [0.1, 0.15) is 6.92 Å². The number of aliphatic imine (C=N–C) groups is 1. The number of nitrogens with zero attached hydrogens (tertiary/aromatic N) is 1. The fourth-order valence-electron chi connectivity index (χ4n) is 0.956. The van der Waals surface area contributed by atoms with Gasteiger partial charge in [0.2, 0.25) is 5.83 Å². The van der Waals surface area contributed by atoms with E-state index in [0.29, 0.717) is 5.69 Å². The van der Waals surface area contributed by atoms with Crippen LogP contribution in [0.3, 0.4) is 0 Å². The second-order valence-corrected chi connectivity index (χ2v) is 2.83. The molecule has 80 valence electrons. The van der Waals surface area contributed by atoms with Gasteiger partial charge in [-0.3, -0.25) is 0 Å². The molecule has 0 saturated heterocycles. The van der Waals surface area contributed by atoms with Gasteiger partial charge in [0.1, 0.15) is 0 Å². The molecule has 0 fully saturated rings. The van der Waals surface area contributed by atoms with Crippen molar-refractivity contribution in [3.63, 3.8) is 0 Å². The smallest absolute Gasteiger partial charge is 0.307 e. The van der Waals surface area contributed by atoms with Crippen LogP contribution in [0.15, 0.2) is 41.2 Å². The van der Waals surface area contributed by atoms with Gasteiger partial charge in [-0.1, -0.05) is 12.1 Å². The highest BCUT2D eigenvalue weighted by atomic mass is 19.3. The third kappa shape index (κ3) is 2.83. The lowest BCUT2D eigenvalue weighted by molar-refractivity contribution is 0.390. The molecule has 15 heavy (non-hydrogen) atoms. The highest BCUT2D eigenvalue weighted by molar-refractivity contribution is 5.98. The minimum atomic E-state index is -2.38. The van der Waals surface area contributed by atoms with Crippen LogP contribution >= 0.6 is 0 Å². The lowest BCUT2D eigenvalue weighted by atomic mass is 10.2. The van der Waals surface area contributed by atoms with Gasteiger partial charge in [0.05, 0.1) is 17.1 Å². The first kappa shape index (κ1) is 11.3. The van der Waals surface area contributed by atoms with Gasteiger partial charge in [-0.15, -0.1) is 0 Å². The molecule has 0 bridgehead atoms. The maximum absolute atomic E-state index is 12.7. The number of nitrogens with two attached hydrogens (primary N) is 1. The van der Waals surface area contributed by atoms with E-state index in [-0.39, 0.29) is 5.69 Å². The summed E-state index contributed by atoms with van der Waals surface area (Å²) >= 11 is 0. The third-order valence-electron chi connectivity index (χ3n) is 1.71. The van der Waals surface area contributed by atoms with E-state index < -0.39 is 17.6 Å². The summed E-state index contributed by atoms with van der Waals surface area (Å²) in [6.45, 7) is 1.15. The maximum Gasteiger partial charge on any atom is 0.307 e. The molecule has 0 spiro atoms. The van der Waals surface area contributed by atoms with Crippen LogP contribution in [0.5, 0.6) is 0 Å². The van der Waals surface area contributed by atoms with E-state index in [1.807, 2.05) is 0 Å². The number of anilines is 1. The molecule has 0 heterocycles. The number of hydrogen-bond acceptors (Lipinski definition) is 2. The summed E-state index contributed by atoms with van der Waals surface area (Å²) in [5.41, 5.74) is 5.70. The van der Waals surface area contributed by atoms with Gasteiger partial charge in [0.15, 0.2) is 0 Å². The lowest BCUT2D eigenvalue weighted by Gasteiger charge is -2.00. The van der Waals surface area contributed by atoms with E-state index >= 15 is 0 Å². The number of rotatable bonds is 2. The molecule has 5 heteroatoms. The monoisotopic (exact) mass is 214 g/mol. The van der Waals surface area contributed by atoms with Crippen LogP contribution in [0.25, 0.3) is 0 Å². The van der Waals surface area contributed by atoms with Crippen molar-refractivity contribution < 1.29 is 13.2 Å². The van der Waals surface area contributed by atoms with Gasteiger partial charge in [-0.05, 0) is 19.1 Å². The molecule has 2 N–H and O–H groups in total. The van der Waals surface area contributed by atoms with Crippen molar-refractivity contribution in [3.05, 3.63) is 36.2 Å². The minimum Gasteiger partial charge on any atom is -0.397 e. The van der Waals surface area contributed by atoms with E-state index in [4.69, 9.17) is 5.73 Å². The van der Waals surface area contributed by atoms with E-state index in [9.17, 15) is 13.2 Å². The van der Waals surface area contributed by atoms with Crippen LogP contribution in [0.4, 0.5) is 24.5 Å². The molecule has 1 aromatic rings. The first-order valence-electron chi connectivity index (χ1n) is 4.13. The number of para-hydroxylation sites is 2. The molecule has 0 radical (unpaired) electrons. The molecular weight excluding hydrogens is 205 g/mol. The Hall–Kier alpha value is -1.78. The van der Waals surface area contributed by atoms with E-state index in [0.717, 1.165) is 6.92 Å². The first-order chi connectivity index (χ1) is 7.02. The summed E-state index contributed by atoms with van der Waals surface area (Å²) in [6.07, 6.45) is -2.38. The molecule has 0 saturated carbocycles. The second-order valence-electron chi connectivity index (χ2n) is 2.83. The minimum absolute atomic E-state index is 0.270. The number of halogens is 3. The Kier molecular flexibility index (Phi) is 3.49. The molecule has 0 aliphatic heterocycles. The zero-order valence-electron chi connectivity index (χ0n) is 7.97. The third-order valence-corrected chi connectivity index (χ3v) is 1.71. The van der Waals surface area contributed by atoms with Gasteiger partial charge >= 0.3 is 6.08 Å². The molecule has 2 nitrogen and oxygen atoms in total. The zero-order chi connectivity index (χ0) is 11.4. The molecular formula is C10H9F3N2.